The molecule has 1 aliphatic carbocycles. The van der Waals surface area contributed by atoms with Gasteiger partial charge in [0.1, 0.15) is 0 Å². The third kappa shape index (κ3) is 4.95. The third-order valence-electron chi connectivity index (χ3n) is 8.52. The fourth-order valence-corrected chi connectivity index (χ4v) is 12.7. The maximum Gasteiger partial charge on any atom is 0.187 e. The highest BCUT2D eigenvalue weighted by Crippen LogP contribution is 2.50. The van der Waals surface area contributed by atoms with Gasteiger partial charge in [-0.15, -0.1) is 0 Å². The smallest absolute Gasteiger partial charge is 0.187 e. The number of hydrogen-bond acceptors (Lipinski definition) is 1. The first-order valence-corrected chi connectivity index (χ1v) is 15.1. The lowest BCUT2D eigenvalue weighted by molar-refractivity contribution is 0.312. The molecule has 2 aromatic rings. The Morgan fingerprint density at radius 1 is 0.906 bits per heavy atom. The molecular weight excluding hydrogens is 418 g/mol. The summed E-state index contributed by atoms with van der Waals surface area (Å²) in [6, 6.07) is 16.3. The van der Waals surface area contributed by atoms with Crippen molar-refractivity contribution in [3.8, 4) is 5.75 Å². The maximum absolute atomic E-state index is 14.0. The van der Waals surface area contributed by atoms with Gasteiger partial charge in [0.15, 0.2) is 17.4 Å². The van der Waals surface area contributed by atoms with Gasteiger partial charge in [-0.25, -0.2) is 8.78 Å². The second kappa shape index (κ2) is 10.1. The number of phenols is 1. The lowest BCUT2D eigenvalue weighted by Crippen LogP contribution is -2.54. The molecule has 1 saturated heterocycles. The Balaban J connectivity index is 1.50. The SMILES string of the molecule is CC(C)CC[C@H]1CC[C@H]([Si]2(c3ccccc3)CCC(c3cc(F)c(O)c(F)c3)CC2)CC1. The monoisotopic (exact) mass is 456 g/mol. The van der Waals surface area contributed by atoms with Gasteiger partial charge >= 0.3 is 0 Å². The van der Waals surface area contributed by atoms with Gasteiger partial charge in [-0.05, 0) is 53.8 Å². The Morgan fingerprint density at radius 2 is 1.50 bits per heavy atom. The van der Waals surface area contributed by atoms with Gasteiger partial charge in [0, 0.05) is 0 Å². The Bertz CT molecular complexity index is 859. The molecule has 1 saturated carbocycles. The normalized spacial score (nSPS) is 28.7. The molecule has 1 nitrogen and oxygen atoms in total. The van der Waals surface area contributed by atoms with Crippen LogP contribution in [0.1, 0.15) is 76.7 Å². The molecule has 1 N–H and O–H groups in total. The van der Waals surface area contributed by atoms with Crippen molar-refractivity contribution < 1.29 is 13.9 Å². The summed E-state index contributed by atoms with van der Waals surface area (Å²) >= 11 is 0. The summed E-state index contributed by atoms with van der Waals surface area (Å²) in [6.45, 7) is 4.65. The fraction of sp³-hybridized carbons (Fsp3) is 0.571. The molecule has 32 heavy (non-hydrogen) atoms. The minimum absolute atomic E-state index is 0.186. The van der Waals surface area contributed by atoms with Crippen LogP contribution >= 0.6 is 0 Å². The quantitative estimate of drug-likeness (QED) is 0.438. The summed E-state index contributed by atoms with van der Waals surface area (Å²) in [5, 5.41) is 11.1. The molecule has 4 heteroatoms. The van der Waals surface area contributed by atoms with Gasteiger partial charge in [0.05, 0.1) is 8.07 Å². The Hall–Kier alpha value is -1.68. The molecule has 174 valence electrons. The van der Waals surface area contributed by atoms with Crippen LogP contribution in [-0.4, -0.2) is 13.2 Å². The van der Waals surface area contributed by atoms with Crippen molar-refractivity contribution in [2.75, 3.05) is 0 Å². The van der Waals surface area contributed by atoms with E-state index in [2.05, 4.69) is 44.2 Å². The number of hydrogen-bond donors (Lipinski definition) is 1. The largest absolute Gasteiger partial charge is 0.503 e. The third-order valence-corrected chi connectivity index (χ3v) is 14.5. The molecule has 1 heterocycles. The lowest BCUT2D eigenvalue weighted by Gasteiger charge is -2.47. The average Bonchev–Trinajstić information content (AvgIpc) is 2.82. The summed E-state index contributed by atoms with van der Waals surface area (Å²) in [4.78, 5) is 0. The van der Waals surface area contributed by atoms with E-state index in [0.29, 0.717) is 5.56 Å². The molecule has 2 aromatic carbocycles. The summed E-state index contributed by atoms with van der Waals surface area (Å²) in [6.07, 6.45) is 10.2. The van der Waals surface area contributed by atoms with Crippen LogP contribution in [0.5, 0.6) is 5.75 Å². The minimum Gasteiger partial charge on any atom is -0.503 e. The number of rotatable bonds is 6. The van der Waals surface area contributed by atoms with E-state index in [0.717, 1.165) is 30.2 Å². The second-order valence-corrected chi connectivity index (χ2v) is 15.5. The topological polar surface area (TPSA) is 20.2 Å². The maximum atomic E-state index is 14.0. The molecule has 0 atom stereocenters. The fourth-order valence-electron chi connectivity index (χ4n) is 6.56. The summed E-state index contributed by atoms with van der Waals surface area (Å²) in [7, 11) is -1.68. The van der Waals surface area contributed by atoms with Gasteiger partial charge in [-0.1, -0.05) is 100.0 Å². The van der Waals surface area contributed by atoms with E-state index in [1.807, 2.05) is 0 Å². The zero-order chi connectivity index (χ0) is 22.7. The van der Waals surface area contributed by atoms with Crippen molar-refractivity contribution in [3.63, 3.8) is 0 Å². The average molecular weight is 457 g/mol. The zero-order valence-electron chi connectivity index (χ0n) is 19.6. The Kier molecular flexibility index (Phi) is 7.39. The first-order valence-electron chi connectivity index (χ1n) is 12.6. The van der Waals surface area contributed by atoms with E-state index >= 15 is 0 Å². The second-order valence-electron chi connectivity index (χ2n) is 10.8. The van der Waals surface area contributed by atoms with Gasteiger partial charge in [-0.3, -0.25) is 0 Å². The molecule has 2 aliphatic rings. The number of halogens is 2. The van der Waals surface area contributed by atoms with Crippen molar-refractivity contribution in [1.29, 1.82) is 0 Å². The Labute approximate surface area is 193 Å². The molecule has 0 spiro atoms. The molecule has 0 aromatic heterocycles. The van der Waals surface area contributed by atoms with Gasteiger partial charge < -0.3 is 5.11 Å². The van der Waals surface area contributed by atoms with E-state index in [-0.39, 0.29) is 5.92 Å². The standard InChI is InChI=1S/C28H38F2OSi/c1-20(2)8-9-21-10-12-25(13-11-21)32(24-6-4-3-5-7-24)16-14-22(15-17-32)23-18-26(29)28(31)27(30)19-23/h3-7,18-22,25,31H,8-17H2,1-2H3/t21-,22?,25-,32?. The van der Waals surface area contributed by atoms with Crippen molar-refractivity contribution in [2.45, 2.75) is 88.8 Å². The van der Waals surface area contributed by atoms with Crippen molar-refractivity contribution in [2.24, 2.45) is 11.8 Å². The van der Waals surface area contributed by atoms with Crippen molar-refractivity contribution in [1.82, 2.24) is 0 Å². The first-order chi connectivity index (χ1) is 15.4. The molecule has 0 amide bonds. The van der Waals surface area contributed by atoms with Crippen LogP contribution in [-0.2, 0) is 0 Å². The highest BCUT2D eigenvalue weighted by molar-refractivity contribution is 6.93. The minimum atomic E-state index is -1.68. The van der Waals surface area contributed by atoms with Gasteiger partial charge in [0.2, 0.25) is 0 Å². The summed E-state index contributed by atoms with van der Waals surface area (Å²) < 4.78 is 27.9. The van der Waals surface area contributed by atoms with Gasteiger partial charge in [-0.2, -0.15) is 0 Å². The van der Waals surface area contributed by atoms with Crippen LogP contribution in [0.2, 0.25) is 17.6 Å². The zero-order valence-corrected chi connectivity index (χ0v) is 20.6. The predicted octanol–water partition coefficient (Wildman–Crippen LogP) is 7.90. The summed E-state index contributed by atoms with van der Waals surface area (Å²) in [5.41, 5.74) is 1.54. The van der Waals surface area contributed by atoms with Crippen LogP contribution in [0.3, 0.4) is 0 Å². The number of benzene rings is 2. The van der Waals surface area contributed by atoms with Crippen LogP contribution in [0, 0.1) is 23.5 Å². The van der Waals surface area contributed by atoms with Crippen molar-refractivity contribution >= 4 is 13.3 Å². The van der Waals surface area contributed by atoms with E-state index in [9.17, 15) is 13.9 Å². The lowest BCUT2D eigenvalue weighted by atomic mass is 9.84. The molecule has 2 fully saturated rings. The summed E-state index contributed by atoms with van der Waals surface area (Å²) in [5.74, 6) is -0.649. The van der Waals surface area contributed by atoms with E-state index in [4.69, 9.17) is 0 Å². The first kappa shape index (κ1) is 23.5. The highest BCUT2D eigenvalue weighted by atomic mass is 28.3. The van der Waals surface area contributed by atoms with Crippen molar-refractivity contribution in [3.05, 3.63) is 59.7 Å². The molecule has 4 rings (SSSR count). The Morgan fingerprint density at radius 3 is 2.06 bits per heavy atom. The van der Waals surface area contributed by atoms with Crippen LogP contribution in [0.25, 0.3) is 0 Å². The van der Waals surface area contributed by atoms with Crippen LogP contribution in [0.4, 0.5) is 8.78 Å². The highest BCUT2D eigenvalue weighted by Gasteiger charge is 2.46. The van der Waals surface area contributed by atoms with Crippen LogP contribution < -0.4 is 5.19 Å². The molecule has 0 radical (unpaired) electrons. The van der Waals surface area contributed by atoms with Crippen LogP contribution in [0.15, 0.2) is 42.5 Å². The predicted molar refractivity (Wildman–Crippen MR) is 131 cm³/mol. The van der Waals surface area contributed by atoms with Gasteiger partial charge in [0.25, 0.3) is 0 Å². The van der Waals surface area contributed by atoms with E-state index in [1.54, 1.807) is 5.19 Å². The number of phenolic OH excluding ortho intramolecular Hbond substituents is 1. The molecular formula is C28H38F2OSi. The molecule has 1 aliphatic heterocycles. The molecule has 0 unspecified atom stereocenters. The van der Waals surface area contributed by atoms with E-state index in [1.165, 1.54) is 62.7 Å². The van der Waals surface area contributed by atoms with E-state index < -0.39 is 25.5 Å². The molecule has 0 bridgehead atoms. The number of aromatic hydroxyl groups is 1.